The molecular weight excluding hydrogens is 268 g/mol. The molecular formula is C11H14N4OS2. The number of hydrogen-bond acceptors (Lipinski definition) is 5. The van der Waals surface area contributed by atoms with Crippen LogP contribution in [0.4, 0.5) is 0 Å². The standard InChI is InChI=1S/C11H14N4OS2/c1-3-8-4-7(5-17-8)10-13-14-11(15(10)2)18-6-9(12)16/h4-5H,3,6H2,1-2H3,(H2,12,16). The van der Waals surface area contributed by atoms with E-state index in [1.54, 1.807) is 11.3 Å². The zero-order chi connectivity index (χ0) is 13.1. The van der Waals surface area contributed by atoms with Gasteiger partial charge in [-0.2, -0.15) is 0 Å². The fourth-order valence-electron chi connectivity index (χ4n) is 1.51. The van der Waals surface area contributed by atoms with E-state index < -0.39 is 0 Å². The maximum Gasteiger partial charge on any atom is 0.227 e. The summed E-state index contributed by atoms with van der Waals surface area (Å²) in [6, 6.07) is 2.12. The Kier molecular flexibility index (Phi) is 4.03. The molecule has 18 heavy (non-hydrogen) atoms. The van der Waals surface area contributed by atoms with E-state index >= 15 is 0 Å². The molecule has 0 aliphatic carbocycles. The van der Waals surface area contributed by atoms with E-state index in [-0.39, 0.29) is 11.7 Å². The molecule has 0 fully saturated rings. The molecule has 0 atom stereocenters. The van der Waals surface area contributed by atoms with Crippen LogP contribution < -0.4 is 5.73 Å². The molecule has 2 aromatic rings. The summed E-state index contributed by atoms with van der Waals surface area (Å²) < 4.78 is 1.88. The molecule has 0 spiro atoms. The van der Waals surface area contributed by atoms with Crippen LogP contribution in [0.25, 0.3) is 11.4 Å². The Morgan fingerprint density at radius 2 is 2.33 bits per heavy atom. The molecule has 0 aliphatic rings. The second-order valence-electron chi connectivity index (χ2n) is 3.78. The summed E-state index contributed by atoms with van der Waals surface area (Å²) in [6.07, 6.45) is 1.02. The van der Waals surface area contributed by atoms with Gasteiger partial charge in [0.1, 0.15) is 0 Å². The number of rotatable bonds is 5. The number of hydrogen-bond donors (Lipinski definition) is 1. The Balaban J connectivity index is 2.22. The van der Waals surface area contributed by atoms with Crippen LogP contribution >= 0.6 is 23.1 Å². The van der Waals surface area contributed by atoms with Crippen molar-refractivity contribution in [3.63, 3.8) is 0 Å². The van der Waals surface area contributed by atoms with Gasteiger partial charge in [-0.05, 0) is 12.5 Å². The van der Waals surface area contributed by atoms with Gasteiger partial charge in [-0.25, -0.2) is 0 Å². The zero-order valence-electron chi connectivity index (χ0n) is 10.2. The number of thioether (sulfide) groups is 1. The van der Waals surface area contributed by atoms with Crippen LogP contribution in [0.1, 0.15) is 11.8 Å². The average molecular weight is 282 g/mol. The summed E-state index contributed by atoms with van der Waals surface area (Å²) in [4.78, 5) is 12.1. The highest BCUT2D eigenvalue weighted by atomic mass is 32.2. The number of aryl methyl sites for hydroxylation is 1. The van der Waals surface area contributed by atoms with Gasteiger partial charge in [0.25, 0.3) is 0 Å². The minimum absolute atomic E-state index is 0.218. The minimum atomic E-state index is -0.353. The van der Waals surface area contributed by atoms with Crippen molar-refractivity contribution in [2.24, 2.45) is 12.8 Å². The van der Waals surface area contributed by atoms with Crippen molar-refractivity contribution in [1.29, 1.82) is 0 Å². The molecule has 0 radical (unpaired) electrons. The Labute approximate surface area is 113 Å². The van der Waals surface area contributed by atoms with Gasteiger partial charge in [0.05, 0.1) is 5.75 Å². The average Bonchev–Trinajstić information content (AvgIpc) is 2.93. The number of carbonyl (C=O) groups is 1. The van der Waals surface area contributed by atoms with Crippen LogP contribution in [0.15, 0.2) is 16.6 Å². The quantitative estimate of drug-likeness (QED) is 0.847. The molecule has 2 rings (SSSR count). The third kappa shape index (κ3) is 2.73. The summed E-state index contributed by atoms with van der Waals surface area (Å²) in [6.45, 7) is 2.13. The number of amides is 1. The predicted octanol–water partition coefficient (Wildman–Crippen LogP) is 1.68. The lowest BCUT2D eigenvalue weighted by Crippen LogP contribution is -2.13. The van der Waals surface area contributed by atoms with Crippen LogP contribution in [0.5, 0.6) is 0 Å². The molecule has 2 heterocycles. The molecule has 2 N–H and O–H groups in total. The van der Waals surface area contributed by atoms with Crippen molar-refractivity contribution < 1.29 is 4.79 Å². The number of nitrogens with two attached hydrogens (primary N) is 1. The van der Waals surface area contributed by atoms with E-state index in [4.69, 9.17) is 5.73 Å². The number of carbonyl (C=O) groups excluding carboxylic acids is 1. The van der Waals surface area contributed by atoms with Crippen molar-refractivity contribution in [3.8, 4) is 11.4 Å². The van der Waals surface area contributed by atoms with E-state index in [1.165, 1.54) is 16.6 Å². The fourth-order valence-corrected chi connectivity index (χ4v) is 2.97. The Hall–Kier alpha value is -1.34. The normalized spacial score (nSPS) is 10.8. The molecule has 0 aliphatic heterocycles. The molecule has 0 unspecified atom stereocenters. The third-order valence-electron chi connectivity index (χ3n) is 2.44. The number of thiophene rings is 1. The lowest BCUT2D eigenvalue weighted by atomic mass is 10.2. The highest BCUT2D eigenvalue weighted by Crippen LogP contribution is 2.26. The van der Waals surface area contributed by atoms with Crippen LogP contribution in [0.2, 0.25) is 0 Å². The molecule has 0 aromatic carbocycles. The van der Waals surface area contributed by atoms with E-state index in [0.717, 1.165) is 17.8 Å². The molecule has 0 bridgehead atoms. The highest BCUT2D eigenvalue weighted by molar-refractivity contribution is 7.99. The van der Waals surface area contributed by atoms with E-state index in [1.807, 2.05) is 11.6 Å². The number of aromatic nitrogens is 3. The summed E-state index contributed by atoms with van der Waals surface area (Å²) in [5.41, 5.74) is 6.18. The Morgan fingerprint density at radius 3 is 2.94 bits per heavy atom. The molecule has 96 valence electrons. The second-order valence-corrected chi connectivity index (χ2v) is 5.71. The zero-order valence-corrected chi connectivity index (χ0v) is 11.8. The van der Waals surface area contributed by atoms with Gasteiger partial charge in [-0.1, -0.05) is 18.7 Å². The largest absolute Gasteiger partial charge is 0.369 e. The topological polar surface area (TPSA) is 73.8 Å². The molecule has 1 amide bonds. The lowest BCUT2D eigenvalue weighted by molar-refractivity contribution is -0.115. The number of nitrogens with zero attached hydrogens (tertiary/aromatic N) is 3. The molecule has 0 saturated carbocycles. The van der Waals surface area contributed by atoms with Gasteiger partial charge in [-0.15, -0.1) is 21.5 Å². The molecule has 7 heteroatoms. The maximum absolute atomic E-state index is 10.7. The van der Waals surface area contributed by atoms with Crippen molar-refractivity contribution >= 4 is 29.0 Å². The maximum atomic E-state index is 10.7. The first-order chi connectivity index (χ1) is 8.61. The highest BCUT2D eigenvalue weighted by Gasteiger charge is 2.13. The van der Waals surface area contributed by atoms with Gasteiger partial charge < -0.3 is 10.3 Å². The number of primary amides is 1. The van der Waals surface area contributed by atoms with E-state index in [2.05, 4.69) is 28.6 Å². The van der Waals surface area contributed by atoms with Crippen molar-refractivity contribution in [2.45, 2.75) is 18.5 Å². The first kappa shape index (κ1) is 13.1. The van der Waals surface area contributed by atoms with Gasteiger partial charge in [0.15, 0.2) is 11.0 Å². The van der Waals surface area contributed by atoms with Gasteiger partial charge in [-0.3, -0.25) is 4.79 Å². The van der Waals surface area contributed by atoms with Crippen molar-refractivity contribution in [1.82, 2.24) is 14.8 Å². The van der Waals surface area contributed by atoms with Gasteiger partial charge in [0.2, 0.25) is 5.91 Å². The Morgan fingerprint density at radius 1 is 1.56 bits per heavy atom. The third-order valence-corrected chi connectivity index (χ3v) is 4.56. The van der Waals surface area contributed by atoms with Crippen molar-refractivity contribution in [2.75, 3.05) is 5.75 Å². The minimum Gasteiger partial charge on any atom is -0.369 e. The summed E-state index contributed by atoms with van der Waals surface area (Å²) in [7, 11) is 1.89. The monoisotopic (exact) mass is 282 g/mol. The molecule has 5 nitrogen and oxygen atoms in total. The Bertz CT molecular complexity index is 561. The van der Waals surface area contributed by atoms with Crippen LogP contribution in [-0.2, 0) is 18.3 Å². The fraction of sp³-hybridized carbons (Fsp3) is 0.364. The summed E-state index contributed by atoms with van der Waals surface area (Å²) >= 11 is 3.02. The van der Waals surface area contributed by atoms with Gasteiger partial charge in [0, 0.05) is 22.9 Å². The van der Waals surface area contributed by atoms with Gasteiger partial charge >= 0.3 is 0 Å². The lowest BCUT2D eigenvalue weighted by Gasteiger charge is -2.00. The molecule has 0 saturated heterocycles. The van der Waals surface area contributed by atoms with Crippen molar-refractivity contribution in [3.05, 3.63) is 16.3 Å². The first-order valence-electron chi connectivity index (χ1n) is 5.50. The van der Waals surface area contributed by atoms with Crippen LogP contribution in [0, 0.1) is 0 Å². The second kappa shape index (κ2) is 5.53. The smallest absolute Gasteiger partial charge is 0.227 e. The SMILES string of the molecule is CCc1cc(-c2nnc(SCC(N)=O)n2C)cs1. The molecule has 2 aromatic heterocycles. The van der Waals surface area contributed by atoms with Crippen LogP contribution in [0.3, 0.4) is 0 Å². The van der Waals surface area contributed by atoms with Crippen LogP contribution in [-0.4, -0.2) is 26.4 Å². The summed E-state index contributed by atoms with van der Waals surface area (Å²) in [5, 5.41) is 11.0. The summed E-state index contributed by atoms with van der Waals surface area (Å²) in [5.74, 6) is 0.682. The first-order valence-corrected chi connectivity index (χ1v) is 7.36. The van der Waals surface area contributed by atoms with E-state index in [9.17, 15) is 4.79 Å². The predicted molar refractivity (Wildman–Crippen MR) is 73.6 cm³/mol. The van der Waals surface area contributed by atoms with E-state index in [0.29, 0.717) is 5.16 Å².